The van der Waals surface area contributed by atoms with Gasteiger partial charge in [0.1, 0.15) is 6.61 Å². The van der Waals surface area contributed by atoms with Gasteiger partial charge in [-0.25, -0.2) is 9.59 Å². The van der Waals surface area contributed by atoms with Gasteiger partial charge in [0.15, 0.2) is 0 Å². The summed E-state index contributed by atoms with van der Waals surface area (Å²) in [7, 11) is 0. The van der Waals surface area contributed by atoms with Crippen LogP contribution in [0.3, 0.4) is 0 Å². The summed E-state index contributed by atoms with van der Waals surface area (Å²) in [6.45, 7) is 2.08. The van der Waals surface area contributed by atoms with Crippen LogP contribution in [0.5, 0.6) is 0 Å². The standard InChI is InChI=1S/C11H11NO4/c1-11(6-16-10(15)12-11)8-4-2-7(3-5-8)9(13)14/h2-5H,6H2,1H3,(H,12,15)(H,13,14). The quantitative estimate of drug-likeness (QED) is 0.790. The number of carboxylic acids is 1. The minimum Gasteiger partial charge on any atom is -0.478 e. The molecule has 1 fully saturated rings. The Morgan fingerprint density at radius 3 is 2.50 bits per heavy atom. The zero-order valence-corrected chi connectivity index (χ0v) is 8.69. The van der Waals surface area contributed by atoms with Crippen molar-refractivity contribution in [3.8, 4) is 0 Å². The summed E-state index contributed by atoms with van der Waals surface area (Å²) < 4.78 is 4.83. The van der Waals surface area contributed by atoms with Crippen molar-refractivity contribution in [2.75, 3.05) is 6.61 Å². The van der Waals surface area contributed by atoms with Gasteiger partial charge in [-0.15, -0.1) is 0 Å². The zero-order valence-electron chi connectivity index (χ0n) is 8.69. The molecule has 0 saturated carbocycles. The van der Waals surface area contributed by atoms with Gasteiger partial charge in [-0.05, 0) is 24.6 Å². The third-order valence-electron chi connectivity index (χ3n) is 2.64. The van der Waals surface area contributed by atoms with Crippen molar-refractivity contribution in [2.24, 2.45) is 0 Å². The lowest BCUT2D eigenvalue weighted by atomic mass is 9.93. The van der Waals surface area contributed by atoms with Gasteiger partial charge in [-0.1, -0.05) is 12.1 Å². The molecule has 5 heteroatoms. The molecular formula is C11H11NO4. The molecule has 0 aromatic heterocycles. The van der Waals surface area contributed by atoms with Crippen molar-refractivity contribution in [3.05, 3.63) is 35.4 Å². The summed E-state index contributed by atoms with van der Waals surface area (Å²) in [4.78, 5) is 21.7. The highest BCUT2D eigenvalue weighted by Crippen LogP contribution is 2.25. The molecule has 84 valence electrons. The average Bonchev–Trinajstić information content (AvgIpc) is 2.60. The van der Waals surface area contributed by atoms with E-state index in [0.717, 1.165) is 5.56 Å². The largest absolute Gasteiger partial charge is 0.478 e. The molecule has 2 N–H and O–H groups in total. The fourth-order valence-electron chi connectivity index (χ4n) is 1.64. The lowest BCUT2D eigenvalue weighted by molar-refractivity contribution is 0.0696. The normalized spacial score (nSPS) is 23.7. The average molecular weight is 221 g/mol. The molecule has 0 spiro atoms. The Bertz CT molecular complexity index is 440. The van der Waals surface area contributed by atoms with E-state index in [9.17, 15) is 9.59 Å². The highest BCUT2D eigenvalue weighted by atomic mass is 16.6. The summed E-state index contributed by atoms with van der Waals surface area (Å²) in [6.07, 6.45) is -0.454. The second-order valence-electron chi connectivity index (χ2n) is 3.92. The molecular weight excluding hydrogens is 210 g/mol. The monoisotopic (exact) mass is 221 g/mol. The first-order chi connectivity index (χ1) is 7.51. The lowest BCUT2D eigenvalue weighted by Crippen LogP contribution is -2.37. The van der Waals surface area contributed by atoms with Crippen molar-refractivity contribution in [2.45, 2.75) is 12.5 Å². The van der Waals surface area contributed by atoms with E-state index in [2.05, 4.69) is 5.32 Å². The van der Waals surface area contributed by atoms with Gasteiger partial charge in [-0.3, -0.25) is 0 Å². The van der Waals surface area contributed by atoms with Crippen LogP contribution < -0.4 is 5.32 Å². The first-order valence-corrected chi connectivity index (χ1v) is 4.80. The number of hydrogen-bond acceptors (Lipinski definition) is 3. The number of benzene rings is 1. The van der Waals surface area contributed by atoms with Crippen molar-refractivity contribution in [1.29, 1.82) is 0 Å². The van der Waals surface area contributed by atoms with Crippen LogP contribution >= 0.6 is 0 Å². The molecule has 0 bridgehead atoms. The number of hydrogen-bond donors (Lipinski definition) is 2. The molecule has 1 aliphatic rings. The van der Waals surface area contributed by atoms with Crippen LogP contribution in [0.1, 0.15) is 22.8 Å². The van der Waals surface area contributed by atoms with Crippen molar-refractivity contribution >= 4 is 12.1 Å². The predicted molar refractivity (Wildman–Crippen MR) is 55.2 cm³/mol. The predicted octanol–water partition coefficient (Wildman–Crippen LogP) is 1.34. The van der Waals surface area contributed by atoms with E-state index < -0.39 is 17.6 Å². The van der Waals surface area contributed by atoms with Crippen LogP contribution in [-0.2, 0) is 10.3 Å². The number of carboxylic acid groups (broad SMARTS) is 1. The minimum absolute atomic E-state index is 0.220. The molecule has 1 aromatic rings. The van der Waals surface area contributed by atoms with Crippen LogP contribution in [0.4, 0.5) is 4.79 Å². The number of nitrogens with one attached hydrogen (secondary N) is 1. The van der Waals surface area contributed by atoms with E-state index in [4.69, 9.17) is 9.84 Å². The van der Waals surface area contributed by atoms with Crippen molar-refractivity contribution in [1.82, 2.24) is 5.32 Å². The third kappa shape index (κ3) is 1.71. The molecule has 1 aromatic carbocycles. The van der Waals surface area contributed by atoms with E-state index >= 15 is 0 Å². The van der Waals surface area contributed by atoms with E-state index in [1.165, 1.54) is 12.1 Å². The number of alkyl carbamates (subject to hydrolysis) is 1. The summed E-state index contributed by atoms with van der Waals surface area (Å²) in [5, 5.41) is 11.4. The first-order valence-electron chi connectivity index (χ1n) is 4.80. The number of rotatable bonds is 2. The summed E-state index contributed by atoms with van der Waals surface area (Å²) in [5.41, 5.74) is 0.467. The Hall–Kier alpha value is -2.04. The Morgan fingerprint density at radius 1 is 1.44 bits per heavy atom. The summed E-state index contributed by atoms with van der Waals surface area (Å²) in [6, 6.07) is 6.37. The van der Waals surface area contributed by atoms with Gasteiger partial charge < -0.3 is 15.2 Å². The second-order valence-corrected chi connectivity index (χ2v) is 3.92. The van der Waals surface area contributed by atoms with Gasteiger partial charge in [0, 0.05) is 0 Å². The Balaban J connectivity index is 2.28. The molecule has 16 heavy (non-hydrogen) atoms. The molecule has 1 aliphatic heterocycles. The molecule has 1 saturated heterocycles. The minimum atomic E-state index is -0.969. The number of ether oxygens (including phenoxy) is 1. The fraction of sp³-hybridized carbons (Fsp3) is 0.273. The van der Waals surface area contributed by atoms with E-state index in [-0.39, 0.29) is 12.2 Å². The summed E-state index contributed by atoms with van der Waals surface area (Å²) >= 11 is 0. The van der Waals surface area contributed by atoms with Crippen LogP contribution in [0.25, 0.3) is 0 Å². The van der Waals surface area contributed by atoms with Crippen LogP contribution in [0.15, 0.2) is 24.3 Å². The van der Waals surface area contributed by atoms with E-state index in [1.54, 1.807) is 12.1 Å². The lowest BCUT2D eigenvalue weighted by Gasteiger charge is -2.21. The van der Waals surface area contributed by atoms with Crippen LogP contribution in [-0.4, -0.2) is 23.8 Å². The molecule has 1 unspecified atom stereocenters. The van der Waals surface area contributed by atoms with Crippen LogP contribution in [0, 0.1) is 0 Å². The van der Waals surface area contributed by atoms with E-state index in [1.807, 2.05) is 6.92 Å². The molecule has 0 radical (unpaired) electrons. The van der Waals surface area contributed by atoms with Gasteiger partial charge >= 0.3 is 12.1 Å². The fourth-order valence-corrected chi connectivity index (χ4v) is 1.64. The molecule has 1 atom stereocenters. The maximum Gasteiger partial charge on any atom is 0.408 e. The van der Waals surface area contributed by atoms with Crippen molar-refractivity contribution < 1.29 is 19.4 Å². The van der Waals surface area contributed by atoms with Crippen LogP contribution in [0.2, 0.25) is 0 Å². The smallest absolute Gasteiger partial charge is 0.408 e. The summed E-state index contributed by atoms with van der Waals surface area (Å²) in [5.74, 6) is -0.969. The number of carbonyl (C=O) groups is 2. The highest BCUT2D eigenvalue weighted by Gasteiger charge is 2.36. The number of aromatic carboxylic acids is 1. The molecule has 0 aliphatic carbocycles. The Kier molecular flexibility index (Phi) is 2.30. The van der Waals surface area contributed by atoms with Gasteiger partial charge in [0.05, 0.1) is 11.1 Å². The molecule has 2 rings (SSSR count). The SMILES string of the molecule is CC1(c2ccc(C(=O)O)cc2)COC(=O)N1. The second kappa shape index (κ2) is 3.52. The number of cyclic esters (lactones) is 1. The van der Waals surface area contributed by atoms with Gasteiger partial charge in [-0.2, -0.15) is 0 Å². The molecule has 1 heterocycles. The molecule has 5 nitrogen and oxygen atoms in total. The topological polar surface area (TPSA) is 75.6 Å². The van der Waals surface area contributed by atoms with Gasteiger partial charge in [0.2, 0.25) is 0 Å². The van der Waals surface area contributed by atoms with E-state index in [0.29, 0.717) is 0 Å². The number of amides is 1. The third-order valence-corrected chi connectivity index (χ3v) is 2.64. The zero-order chi connectivity index (χ0) is 11.8. The Morgan fingerprint density at radius 2 is 2.06 bits per heavy atom. The highest BCUT2D eigenvalue weighted by molar-refractivity contribution is 5.87. The maximum absolute atomic E-state index is 11.0. The molecule has 1 amide bonds. The Labute approximate surface area is 92.0 Å². The number of carbonyl (C=O) groups excluding carboxylic acids is 1. The van der Waals surface area contributed by atoms with Gasteiger partial charge in [0.25, 0.3) is 0 Å². The first kappa shape index (κ1) is 10.5. The van der Waals surface area contributed by atoms with Crippen molar-refractivity contribution in [3.63, 3.8) is 0 Å². The maximum atomic E-state index is 11.0.